The molecule has 1 amide bonds. The molecule has 0 bridgehead atoms. The van der Waals surface area contributed by atoms with Crippen LogP contribution in [0.2, 0.25) is 0 Å². The minimum absolute atomic E-state index is 0.567. The average Bonchev–Trinajstić information content (AvgIpc) is 2.23. The summed E-state index contributed by atoms with van der Waals surface area (Å²) < 4.78 is 4.62. The summed E-state index contributed by atoms with van der Waals surface area (Å²) in [5, 5.41) is 11.3. The third kappa shape index (κ3) is 2.83. The Balaban J connectivity index is 3.06. The molecule has 1 unspecified atom stereocenters. The number of Topliss-reactive ketones (excluding diaryl/α,β-unsaturated/α-hetero) is 1. The molecule has 0 fully saturated rings. The van der Waals surface area contributed by atoms with Crippen molar-refractivity contribution in [2.45, 2.75) is 13.0 Å². The number of aromatic nitrogens is 2. The number of nitrogens with one attached hydrogen (secondary N) is 3. The molecule has 0 aliphatic carbocycles. The molecule has 0 spiro atoms. The monoisotopic (exact) mass is 257 g/mol. The Morgan fingerprint density at radius 1 is 1.33 bits per heavy atom. The Bertz CT molecular complexity index is 587. The molecule has 1 aromatic heterocycles. The van der Waals surface area contributed by atoms with Crippen LogP contribution >= 0.6 is 0 Å². The van der Waals surface area contributed by atoms with Crippen molar-refractivity contribution >= 4 is 17.4 Å². The first-order valence-electron chi connectivity index (χ1n) is 4.76. The average molecular weight is 257 g/mol. The van der Waals surface area contributed by atoms with Crippen LogP contribution in [0.15, 0.2) is 9.59 Å². The third-order valence-electron chi connectivity index (χ3n) is 2.01. The van der Waals surface area contributed by atoms with Gasteiger partial charge in [-0.15, -0.1) is 0 Å². The number of amides is 1. The van der Waals surface area contributed by atoms with Crippen LogP contribution in [0.25, 0.3) is 0 Å². The van der Waals surface area contributed by atoms with Gasteiger partial charge in [0.05, 0.1) is 0 Å². The fraction of sp³-hybridized carbons (Fsp3) is 0.333. The number of aromatic amines is 2. The zero-order valence-electron chi connectivity index (χ0n) is 9.57. The molecular formula is C9H11N3O6. The van der Waals surface area contributed by atoms with Crippen LogP contribution in [0.1, 0.15) is 6.92 Å². The highest BCUT2D eigenvalue weighted by atomic mass is 16.5. The smallest absolute Gasteiger partial charge is 0.328 e. The molecule has 1 aromatic rings. The van der Waals surface area contributed by atoms with Crippen LogP contribution in [0, 0.1) is 0 Å². The second kappa shape index (κ2) is 5.27. The Morgan fingerprint density at radius 3 is 2.39 bits per heavy atom. The van der Waals surface area contributed by atoms with Gasteiger partial charge in [0, 0.05) is 7.11 Å². The predicted molar refractivity (Wildman–Crippen MR) is 59.5 cm³/mol. The second-order valence-corrected chi connectivity index (χ2v) is 3.35. The molecule has 4 N–H and O–H groups in total. The van der Waals surface area contributed by atoms with Gasteiger partial charge in [-0.2, -0.15) is 0 Å². The minimum Gasteiger partial charge on any atom is -0.493 e. The van der Waals surface area contributed by atoms with Gasteiger partial charge in [0.25, 0.3) is 11.5 Å². The molecule has 18 heavy (non-hydrogen) atoms. The van der Waals surface area contributed by atoms with Crippen LogP contribution in [0.5, 0.6) is 5.88 Å². The van der Waals surface area contributed by atoms with E-state index in [1.165, 1.54) is 0 Å². The number of hydrogen-bond acceptors (Lipinski definition) is 6. The number of carbonyl (C=O) groups is 2. The maximum atomic E-state index is 11.6. The van der Waals surface area contributed by atoms with Crippen molar-refractivity contribution in [3.63, 3.8) is 0 Å². The number of methoxy groups -OCH3 is 1. The first-order valence-corrected chi connectivity index (χ1v) is 4.76. The summed E-state index contributed by atoms with van der Waals surface area (Å²) in [4.78, 5) is 48.4. The van der Waals surface area contributed by atoms with E-state index in [1.54, 1.807) is 4.98 Å². The first-order chi connectivity index (χ1) is 8.36. The lowest BCUT2D eigenvalue weighted by Gasteiger charge is -2.11. The summed E-state index contributed by atoms with van der Waals surface area (Å²) >= 11 is 0. The number of aromatic hydroxyl groups is 1. The van der Waals surface area contributed by atoms with Gasteiger partial charge < -0.3 is 15.2 Å². The topological polar surface area (TPSA) is 141 Å². The number of anilines is 1. The van der Waals surface area contributed by atoms with Crippen molar-refractivity contribution in [1.29, 1.82) is 0 Å². The van der Waals surface area contributed by atoms with E-state index in [0.29, 0.717) is 0 Å². The maximum absolute atomic E-state index is 11.6. The van der Waals surface area contributed by atoms with Crippen molar-refractivity contribution in [3.8, 4) is 5.88 Å². The molecule has 1 atom stereocenters. The molecular weight excluding hydrogens is 246 g/mol. The molecule has 9 heteroatoms. The lowest BCUT2D eigenvalue weighted by Crippen LogP contribution is -2.37. The zero-order chi connectivity index (χ0) is 13.9. The third-order valence-corrected chi connectivity index (χ3v) is 2.01. The fourth-order valence-corrected chi connectivity index (χ4v) is 1.24. The van der Waals surface area contributed by atoms with E-state index in [2.05, 4.69) is 4.74 Å². The number of hydrogen-bond donors (Lipinski definition) is 4. The molecule has 0 saturated carbocycles. The van der Waals surface area contributed by atoms with Crippen LogP contribution < -0.4 is 16.6 Å². The molecule has 0 aromatic carbocycles. The minimum atomic E-state index is -1.41. The second-order valence-electron chi connectivity index (χ2n) is 3.35. The molecule has 0 aliphatic rings. The van der Waals surface area contributed by atoms with Crippen LogP contribution in [0.4, 0.5) is 5.69 Å². The van der Waals surface area contributed by atoms with Gasteiger partial charge in [-0.1, -0.05) is 0 Å². The van der Waals surface area contributed by atoms with Crippen LogP contribution in [-0.4, -0.2) is 40.0 Å². The highest BCUT2D eigenvalue weighted by molar-refractivity contribution is 6.09. The lowest BCUT2D eigenvalue weighted by molar-refractivity contribution is -0.137. The van der Waals surface area contributed by atoms with E-state index in [0.717, 1.165) is 14.0 Å². The van der Waals surface area contributed by atoms with E-state index in [-0.39, 0.29) is 0 Å². The molecule has 0 radical (unpaired) electrons. The molecule has 9 nitrogen and oxygen atoms in total. The van der Waals surface area contributed by atoms with Crippen molar-refractivity contribution in [1.82, 2.24) is 9.97 Å². The normalized spacial score (nSPS) is 11.9. The highest BCUT2D eigenvalue weighted by Crippen LogP contribution is 2.12. The van der Waals surface area contributed by atoms with Crippen molar-refractivity contribution in [2.24, 2.45) is 0 Å². The highest BCUT2D eigenvalue weighted by Gasteiger charge is 2.24. The maximum Gasteiger partial charge on any atom is 0.328 e. The number of rotatable bonds is 4. The predicted octanol–water partition coefficient (Wildman–Crippen LogP) is -1.69. The van der Waals surface area contributed by atoms with Gasteiger partial charge in [-0.3, -0.25) is 24.4 Å². The summed E-state index contributed by atoms with van der Waals surface area (Å²) in [5.41, 5.74) is -2.49. The van der Waals surface area contributed by atoms with E-state index < -0.39 is 40.6 Å². The Kier molecular flexibility index (Phi) is 4.00. The molecule has 98 valence electrons. The van der Waals surface area contributed by atoms with Gasteiger partial charge in [-0.25, -0.2) is 4.79 Å². The summed E-state index contributed by atoms with van der Waals surface area (Å²) in [6, 6.07) is 0. The summed E-state index contributed by atoms with van der Waals surface area (Å²) in [6.07, 6.45) is -1.41. The summed E-state index contributed by atoms with van der Waals surface area (Å²) in [6.45, 7) is 1.13. The van der Waals surface area contributed by atoms with Gasteiger partial charge in [0.2, 0.25) is 5.88 Å². The molecule has 0 aliphatic heterocycles. The SMILES string of the molecule is COC(C(C)=O)C(=O)Nc1c(O)[nH]c(=O)[nH]c1=O. The van der Waals surface area contributed by atoms with E-state index in [9.17, 15) is 24.3 Å². The number of ether oxygens (including phenoxy) is 1. The summed E-state index contributed by atoms with van der Waals surface area (Å²) in [7, 11) is 1.14. The number of H-pyrrole nitrogens is 2. The van der Waals surface area contributed by atoms with Gasteiger partial charge in [0.15, 0.2) is 17.6 Å². The summed E-state index contributed by atoms with van der Waals surface area (Å²) in [5.74, 6) is -2.32. The van der Waals surface area contributed by atoms with Crippen molar-refractivity contribution < 1.29 is 19.4 Å². The standard InChI is InChI=1S/C9H11N3O6/c1-3(13)5(18-2)8(16)10-4-6(14)11-9(17)12-7(4)15/h5H,1-2H3,(H,10,16)(H3,11,12,14,15,17). The Hall–Kier alpha value is -2.42. The lowest BCUT2D eigenvalue weighted by atomic mass is 10.2. The van der Waals surface area contributed by atoms with E-state index >= 15 is 0 Å². The quantitative estimate of drug-likeness (QED) is 0.474. The van der Waals surface area contributed by atoms with E-state index in [1.807, 2.05) is 10.3 Å². The van der Waals surface area contributed by atoms with Crippen LogP contribution in [-0.2, 0) is 14.3 Å². The Morgan fingerprint density at radius 2 is 1.94 bits per heavy atom. The van der Waals surface area contributed by atoms with Gasteiger partial charge in [0.1, 0.15) is 0 Å². The Labute approximate surface area is 99.8 Å². The van der Waals surface area contributed by atoms with Crippen molar-refractivity contribution in [3.05, 3.63) is 20.8 Å². The number of ketones is 1. The molecule has 1 heterocycles. The van der Waals surface area contributed by atoms with Crippen LogP contribution in [0.3, 0.4) is 0 Å². The van der Waals surface area contributed by atoms with Crippen molar-refractivity contribution in [2.75, 3.05) is 12.4 Å². The fourth-order valence-electron chi connectivity index (χ4n) is 1.24. The first kappa shape index (κ1) is 13.6. The largest absolute Gasteiger partial charge is 0.493 e. The van der Waals surface area contributed by atoms with Gasteiger partial charge in [-0.05, 0) is 6.92 Å². The van der Waals surface area contributed by atoms with E-state index in [4.69, 9.17) is 0 Å². The molecule has 0 saturated heterocycles. The molecule has 1 rings (SSSR count). The van der Waals surface area contributed by atoms with Gasteiger partial charge >= 0.3 is 5.69 Å². The number of carbonyl (C=O) groups excluding carboxylic acids is 2. The zero-order valence-corrected chi connectivity index (χ0v) is 9.57.